The minimum Gasteiger partial charge on any atom is -0.356 e. The number of carbonyl (C=O) groups is 1. The Morgan fingerprint density at radius 3 is 2.38 bits per heavy atom. The maximum atomic E-state index is 12.0. The zero-order valence-corrected chi connectivity index (χ0v) is 14.7. The molecule has 0 aliphatic carbocycles. The average molecular weight is 298 g/mol. The van der Waals surface area contributed by atoms with Crippen molar-refractivity contribution in [2.24, 2.45) is 10.4 Å². The predicted octanol–water partition coefficient (Wildman–Crippen LogP) is 2.28. The first kappa shape index (κ1) is 19.7. The number of aliphatic imine (C=N–C) groups is 1. The molecule has 0 bridgehead atoms. The second-order valence-electron chi connectivity index (χ2n) is 6.21. The molecular formula is C16H34N4O. The van der Waals surface area contributed by atoms with E-state index in [1.807, 2.05) is 20.8 Å². The van der Waals surface area contributed by atoms with E-state index >= 15 is 0 Å². The van der Waals surface area contributed by atoms with Crippen molar-refractivity contribution < 1.29 is 4.79 Å². The molecule has 5 heteroatoms. The molecule has 0 aliphatic heterocycles. The monoisotopic (exact) mass is 298 g/mol. The van der Waals surface area contributed by atoms with Crippen molar-refractivity contribution in [2.75, 3.05) is 20.1 Å². The fraction of sp³-hybridized carbons (Fsp3) is 0.875. The van der Waals surface area contributed by atoms with Gasteiger partial charge in [0.05, 0.1) is 5.41 Å². The van der Waals surface area contributed by atoms with Crippen LogP contribution >= 0.6 is 0 Å². The van der Waals surface area contributed by atoms with Gasteiger partial charge in [-0.25, -0.2) is 0 Å². The van der Waals surface area contributed by atoms with E-state index in [1.54, 1.807) is 7.05 Å². The number of hydrogen-bond donors (Lipinski definition) is 3. The summed E-state index contributed by atoms with van der Waals surface area (Å²) in [6.07, 6.45) is 4.86. The van der Waals surface area contributed by atoms with Gasteiger partial charge in [0.1, 0.15) is 0 Å². The van der Waals surface area contributed by atoms with Gasteiger partial charge in [0.25, 0.3) is 0 Å². The highest BCUT2D eigenvalue weighted by Crippen LogP contribution is 2.13. The van der Waals surface area contributed by atoms with E-state index in [1.165, 1.54) is 19.3 Å². The van der Waals surface area contributed by atoms with Crippen molar-refractivity contribution in [3.63, 3.8) is 0 Å². The number of guanidine groups is 1. The first-order chi connectivity index (χ1) is 9.87. The standard InChI is InChI=1S/C16H34N4O/c1-7-9-10-11-13(3)20-15(17-6)19-12-16(4,5)14(21)18-8-2/h13H,7-12H2,1-6H3,(H,18,21)(H2,17,19,20). The maximum Gasteiger partial charge on any atom is 0.227 e. The van der Waals surface area contributed by atoms with Crippen LogP contribution in [0.4, 0.5) is 0 Å². The zero-order valence-electron chi connectivity index (χ0n) is 14.7. The third-order valence-electron chi connectivity index (χ3n) is 3.50. The van der Waals surface area contributed by atoms with Crippen LogP contribution in [0, 0.1) is 5.41 Å². The van der Waals surface area contributed by atoms with Gasteiger partial charge in [-0.2, -0.15) is 0 Å². The summed E-state index contributed by atoms with van der Waals surface area (Å²) in [6.45, 7) is 11.4. The number of rotatable bonds is 9. The van der Waals surface area contributed by atoms with Gasteiger partial charge >= 0.3 is 0 Å². The van der Waals surface area contributed by atoms with Crippen LogP contribution in [0.3, 0.4) is 0 Å². The van der Waals surface area contributed by atoms with Gasteiger partial charge in [-0.15, -0.1) is 0 Å². The van der Waals surface area contributed by atoms with Gasteiger partial charge < -0.3 is 16.0 Å². The van der Waals surface area contributed by atoms with E-state index in [4.69, 9.17) is 0 Å². The largest absolute Gasteiger partial charge is 0.356 e. The van der Waals surface area contributed by atoms with Crippen molar-refractivity contribution in [3.8, 4) is 0 Å². The topological polar surface area (TPSA) is 65.5 Å². The van der Waals surface area contributed by atoms with Crippen molar-refractivity contribution in [1.82, 2.24) is 16.0 Å². The summed E-state index contributed by atoms with van der Waals surface area (Å²) in [5, 5.41) is 9.49. The Morgan fingerprint density at radius 2 is 1.86 bits per heavy atom. The number of amides is 1. The number of carbonyl (C=O) groups excluding carboxylic acids is 1. The summed E-state index contributed by atoms with van der Waals surface area (Å²) in [5.41, 5.74) is -0.459. The molecule has 0 rings (SSSR count). The molecular weight excluding hydrogens is 264 g/mol. The molecule has 5 nitrogen and oxygen atoms in total. The molecule has 0 aliphatic rings. The number of nitrogens with zero attached hydrogens (tertiary/aromatic N) is 1. The van der Waals surface area contributed by atoms with Crippen molar-refractivity contribution in [2.45, 2.75) is 66.3 Å². The van der Waals surface area contributed by atoms with E-state index in [9.17, 15) is 4.79 Å². The highest BCUT2D eigenvalue weighted by atomic mass is 16.2. The number of hydrogen-bond acceptors (Lipinski definition) is 2. The van der Waals surface area contributed by atoms with Gasteiger partial charge in [0, 0.05) is 26.2 Å². The molecule has 124 valence electrons. The molecule has 1 amide bonds. The van der Waals surface area contributed by atoms with Gasteiger partial charge in [-0.05, 0) is 34.1 Å². The fourth-order valence-corrected chi connectivity index (χ4v) is 1.99. The Labute approximate surface area is 130 Å². The molecule has 0 saturated carbocycles. The summed E-state index contributed by atoms with van der Waals surface area (Å²) in [5.74, 6) is 0.820. The lowest BCUT2D eigenvalue weighted by molar-refractivity contribution is -0.128. The van der Waals surface area contributed by atoms with Crippen LogP contribution in [0.2, 0.25) is 0 Å². The van der Waals surface area contributed by atoms with Gasteiger partial charge in [0.15, 0.2) is 5.96 Å². The number of unbranched alkanes of at least 4 members (excludes halogenated alkanes) is 2. The van der Waals surface area contributed by atoms with Gasteiger partial charge in [-0.3, -0.25) is 9.79 Å². The summed E-state index contributed by atoms with van der Waals surface area (Å²) in [4.78, 5) is 16.2. The molecule has 0 aromatic rings. The Balaban J connectivity index is 4.24. The molecule has 21 heavy (non-hydrogen) atoms. The highest BCUT2D eigenvalue weighted by molar-refractivity contribution is 5.84. The minimum absolute atomic E-state index is 0.0592. The summed E-state index contributed by atoms with van der Waals surface area (Å²) >= 11 is 0. The molecule has 0 radical (unpaired) electrons. The minimum atomic E-state index is -0.459. The Kier molecular flexibility index (Phi) is 9.84. The maximum absolute atomic E-state index is 12.0. The molecule has 0 saturated heterocycles. The van der Waals surface area contributed by atoms with E-state index in [-0.39, 0.29) is 5.91 Å². The molecule has 0 fully saturated rings. The zero-order chi connectivity index (χ0) is 16.3. The molecule has 3 N–H and O–H groups in total. The molecule has 0 aromatic heterocycles. The lowest BCUT2D eigenvalue weighted by Gasteiger charge is -2.26. The van der Waals surface area contributed by atoms with Crippen molar-refractivity contribution in [1.29, 1.82) is 0 Å². The van der Waals surface area contributed by atoms with Gasteiger partial charge in [0.2, 0.25) is 5.91 Å². The van der Waals surface area contributed by atoms with Crippen molar-refractivity contribution >= 4 is 11.9 Å². The second-order valence-corrected chi connectivity index (χ2v) is 6.21. The van der Waals surface area contributed by atoms with E-state index in [2.05, 4.69) is 34.8 Å². The van der Waals surface area contributed by atoms with E-state index in [0.717, 1.165) is 12.4 Å². The molecule has 0 aromatic carbocycles. The third-order valence-corrected chi connectivity index (χ3v) is 3.50. The van der Waals surface area contributed by atoms with Crippen molar-refractivity contribution in [3.05, 3.63) is 0 Å². The summed E-state index contributed by atoms with van der Waals surface area (Å²) in [6, 6.07) is 0.385. The smallest absolute Gasteiger partial charge is 0.227 e. The normalized spacial score (nSPS) is 13.7. The Morgan fingerprint density at radius 1 is 1.19 bits per heavy atom. The van der Waals surface area contributed by atoms with Crippen LogP contribution in [0.5, 0.6) is 0 Å². The summed E-state index contributed by atoms with van der Waals surface area (Å²) in [7, 11) is 1.76. The van der Waals surface area contributed by atoms with Crippen LogP contribution < -0.4 is 16.0 Å². The molecule has 1 atom stereocenters. The lowest BCUT2D eigenvalue weighted by atomic mass is 9.92. The van der Waals surface area contributed by atoms with Crippen LogP contribution in [0.25, 0.3) is 0 Å². The lowest BCUT2D eigenvalue weighted by Crippen LogP contribution is -2.49. The Hall–Kier alpha value is -1.26. The Bertz CT molecular complexity index is 326. The average Bonchev–Trinajstić information content (AvgIpc) is 2.44. The first-order valence-corrected chi connectivity index (χ1v) is 8.12. The van der Waals surface area contributed by atoms with Crippen LogP contribution in [-0.2, 0) is 4.79 Å². The van der Waals surface area contributed by atoms with E-state index < -0.39 is 5.41 Å². The molecule has 1 unspecified atom stereocenters. The fourth-order valence-electron chi connectivity index (χ4n) is 1.99. The molecule has 0 heterocycles. The summed E-state index contributed by atoms with van der Waals surface area (Å²) < 4.78 is 0. The predicted molar refractivity (Wildman–Crippen MR) is 90.6 cm³/mol. The second kappa shape index (κ2) is 10.5. The van der Waals surface area contributed by atoms with E-state index in [0.29, 0.717) is 19.1 Å². The number of nitrogens with one attached hydrogen (secondary N) is 3. The SMILES string of the molecule is CCCCCC(C)NC(=NC)NCC(C)(C)C(=O)NCC. The first-order valence-electron chi connectivity index (χ1n) is 8.12. The van der Waals surface area contributed by atoms with Crippen LogP contribution in [-0.4, -0.2) is 38.0 Å². The van der Waals surface area contributed by atoms with Crippen LogP contribution in [0.1, 0.15) is 60.3 Å². The third kappa shape index (κ3) is 8.58. The highest BCUT2D eigenvalue weighted by Gasteiger charge is 2.27. The van der Waals surface area contributed by atoms with Crippen LogP contribution in [0.15, 0.2) is 4.99 Å². The van der Waals surface area contributed by atoms with Gasteiger partial charge in [-0.1, -0.05) is 26.2 Å². The quantitative estimate of drug-likeness (QED) is 0.347. The molecule has 0 spiro atoms.